The van der Waals surface area contributed by atoms with E-state index in [-0.39, 0.29) is 11.8 Å². The third-order valence-corrected chi connectivity index (χ3v) is 3.36. The van der Waals surface area contributed by atoms with E-state index in [1.54, 1.807) is 6.07 Å². The summed E-state index contributed by atoms with van der Waals surface area (Å²) in [5.74, 6) is -0.135. The van der Waals surface area contributed by atoms with E-state index in [1.807, 2.05) is 12.1 Å². The molecule has 5 heteroatoms. The molecular weight excluding hydrogens is 238 g/mol. The van der Waals surface area contributed by atoms with Gasteiger partial charge in [0.1, 0.15) is 5.15 Å². The van der Waals surface area contributed by atoms with Crippen LogP contribution in [0.1, 0.15) is 18.5 Å². The van der Waals surface area contributed by atoms with Crippen molar-refractivity contribution in [3.63, 3.8) is 0 Å². The zero-order valence-corrected chi connectivity index (χ0v) is 10.4. The number of primary amides is 1. The van der Waals surface area contributed by atoms with Crippen LogP contribution in [0.2, 0.25) is 5.15 Å². The van der Waals surface area contributed by atoms with Gasteiger partial charge >= 0.3 is 0 Å². The lowest BCUT2D eigenvalue weighted by Gasteiger charge is -2.30. The lowest BCUT2D eigenvalue weighted by molar-refractivity contribution is -0.123. The smallest absolute Gasteiger partial charge is 0.220 e. The fourth-order valence-electron chi connectivity index (χ4n) is 2.14. The van der Waals surface area contributed by atoms with Gasteiger partial charge in [-0.2, -0.15) is 0 Å². The number of carbonyl (C=O) groups excluding carboxylic acids is 1. The predicted octanol–water partition coefficient (Wildman–Crippen LogP) is 1.43. The summed E-state index contributed by atoms with van der Waals surface area (Å²) in [5.41, 5.74) is 6.27. The number of hydrogen-bond acceptors (Lipinski definition) is 3. The van der Waals surface area contributed by atoms with Gasteiger partial charge in [-0.25, -0.2) is 4.98 Å². The minimum absolute atomic E-state index is 0.0403. The zero-order valence-electron chi connectivity index (χ0n) is 9.60. The molecule has 1 saturated heterocycles. The van der Waals surface area contributed by atoms with Crippen LogP contribution in [0.25, 0.3) is 0 Å². The van der Waals surface area contributed by atoms with E-state index in [0.29, 0.717) is 5.15 Å². The highest BCUT2D eigenvalue weighted by atomic mass is 35.5. The van der Waals surface area contributed by atoms with Crippen LogP contribution in [0.5, 0.6) is 0 Å². The number of halogens is 1. The molecule has 2 rings (SSSR count). The number of pyridine rings is 1. The number of rotatable bonds is 3. The molecule has 0 unspecified atom stereocenters. The monoisotopic (exact) mass is 253 g/mol. The number of hydrogen-bond donors (Lipinski definition) is 1. The second-order valence-corrected chi connectivity index (χ2v) is 4.79. The first-order valence-electron chi connectivity index (χ1n) is 5.78. The van der Waals surface area contributed by atoms with Crippen molar-refractivity contribution < 1.29 is 4.79 Å². The summed E-state index contributed by atoms with van der Waals surface area (Å²) >= 11 is 5.84. The quantitative estimate of drug-likeness (QED) is 0.829. The first-order valence-corrected chi connectivity index (χ1v) is 6.16. The number of aromatic nitrogens is 1. The molecule has 0 bridgehead atoms. The molecule has 0 aromatic carbocycles. The molecule has 1 aromatic heterocycles. The van der Waals surface area contributed by atoms with Crippen LogP contribution in [-0.2, 0) is 11.3 Å². The van der Waals surface area contributed by atoms with Gasteiger partial charge in [-0.15, -0.1) is 0 Å². The fraction of sp³-hybridized carbons (Fsp3) is 0.500. The van der Waals surface area contributed by atoms with Crippen molar-refractivity contribution in [2.45, 2.75) is 19.4 Å². The standard InChI is InChI=1S/C12H16ClN3O/c13-11-3-1-2-10(15-11)8-16-6-4-9(5-7-16)12(14)17/h1-3,9H,4-8H2,(H2,14,17). The Hall–Kier alpha value is -1.13. The van der Waals surface area contributed by atoms with E-state index in [1.165, 1.54) is 0 Å². The maximum Gasteiger partial charge on any atom is 0.220 e. The summed E-state index contributed by atoms with van der Waals surface area (Å²) in [6.07, 6.45) is 1.69. The van der Waals surface area contributed by atoms with Crippen molar-refractivity contribution in [1.29, 1.82) is 0 Å². The summed E-state index contributed by atoms with van der Waals surface area (Å²) < 4.78 is 0. The average molecular weight is 254 g/mol. The van der Waals surface area contributed by atoms with Gasteiger partial charge in [-0.05, 0) is 38.1 Å². The Balaban J connectivity index is 1.88. The van der Waals surface area contributed by atoms with Gasteiger partial charge in [-0.1, -0.05) is 17.7 Å². The first kappa shape index (κ1) is 12.3. The van der Waals surface area contributed by atoms with Crippen LogP contribution < -0.4 is 5.73 Å². The first-order chi connectivity index (χ1) is 8.15. The minimum atomic E-state index is -0.175. The Labute approximate surface area is 106 Å². The Morgan fingerprint density at radius 1 is 1.47 bits per heavy atom. The molecule has 2 N–H and O–H groups in total. The molecule has 1 aliphatic rings. The summed E-state index contributed by atoms with van der Waals surface area (Å²) in [7, 11) is 0. The molecule has 92 valence electrons. The molecule has 17 heavy (non-hydrogen) atoms. The molecule has 4 nitrogen and oxygen atoms in total. The van der Waals surface area contributed by atoms with Gasteiger partial charge in [0.15, 0.2) is 0 Å². The number of amides is 1. The highest BCUT2D eigenvalue weighted by Crippen LogP contribution is 2.18. The maximum absolute atomic E-state index is 11.0. The van der Waals surface area contributed by atoms with Crippen LogP contribution in [0.4, 0.5) is 0 Å². The zero-order chi connectivity index (χ0) is 12.3. The van der Waals surface area contributed by atoms with Gasteiger partial charge in [0.05, 0.1) is 5.69 Å². The summed E-state index contributed by atoms with van der Waals surface area (Å²) in [6, 6.07) is 5.64. The minimum Gasteiger partial charge on any atom is -0.369 e. The van der Waals surface area contributed by atoms with Crippen LogP contribution >= 0.6 is 11.6 Å². The second-order valence-electron chi connectivity index (χ2n) is 4.40. The van der Waals surface area contributed by atoms with E-state index in [2.05, 4.69) is 9.88 Å². The number of nitrogens with zero attached hydrogens (tertiary/aromatic N) is 2. The van der Waals surface area contributed by atoms with Gasteiger partial charge in [0.2, 0.25) is 5.91 Å². The van der Waals surface area contributed by atoms with Crippen molar-refractivity contribution in [3.05, 3.63) is 29.0 Å². The van der Waals surface area contributed by atoms with Gasteiger partial charge in [-0.3, -0.25) is 9.69 Å². The number of likely N-dealkylation sites (tertiary alicyclic amines) is 1. The van der Waals surface area contributed by atoms with E-state index in [9.17, 15) is 4.79 Å². The molecule has 0 aliphatic carbocycles. The van der Waals surface area contributed by atoms with E-state index < -0.39 is 0 Å². The van der Waals surface area contributed by atoms with E-state index in [0.717, 1.165) is 38.2 Å². The van der Waals surface area contributed by atoms with Crippen molar-refractivity contribution in [2.75, 3.05) is 13.1 Å². The van der Waals surface area contributed by atoms with Crippen molar-refractivity contribution in [2.24, 2.45) is 11.7 Å². The van der Waals surface area contributed by atoms with Crippen LogP contribution in [0.15, 0.2) is 18.2 Å². The SMILES string of the molecule is NC(=O)C1CCN(Cc2cccc(Cl)n2)CC1. The molecule has 0 radical (unpaired) electrons. The number of piperidine rings is 1. The van der Waals surface area contributed by atoms with Crippen molar-refractivity contribution >= 4 is 17.5 Å². The van der Waals surface area contributed by atoms with Crippen LogP contribution in [0, 0.1) is 5.92 Å². The van der Waals surface area contributed by atoms with Crippen molar-refractivity contribution in [3.8, 4) is 0 Å². The number of nitrogens with two attached hydrogens (primary N) is 1. The van der Waals surface area contributed by atoms with Gasteiger partial charge < -0.3 is 5.73 Å². The topological polar surface area (TPSA) is 59.2 Å². The molecule has 1 fully saturated rings. The summed E-state index contributed by atoms with van der Waals surface area (Å²) in [5, 5.41) is 0.523. The molecule has 1 amide bonds. The molecule has 1 aliphatic heterocycles. The molecule has 1 aromatic rings. The average Bonchev–Trinajstić information content (AvgIpc) is 2.29. The van der Waals surface area contributed by atoms with E-state index >= 15 is 0 Å². The molecule has 0 saturated carbocycles. The Kier molecular flexibility index (Phi) is 3.97. The van der Waals surface area contributed by atoms with E-state index in [4.69, 9.17) is 17.3 Å². The summed E-state index contributed by atoms with van der Waals surface area (Å²) in [6.45, 7) is 2.57. The molecular formula is C12H16ClN3O. The predicted molar refractivity (Wildman–Crippen MR) is 66.4 cm³/mol. The lowest BCUT2D eigenvalue weighted by Crippen LogP contribution is -2.38. The molecule has 2 heterocycles. The number of carbonyl (C=O) groups is 1. The van der Waals surface area contributed by atoms with Crippen LogP contribution in [-0.4, -0.2) is 28.9 Å². The third-order valence-electron chi connectivity index (χ3n) is 3.15. The molecule has 0 atom stereocenters. The second kappa shape index (κ2) is 5.47. The van der Waals surface area contributed by atoms with Gasteiger partial charge in [0.25, 0.3) is 0 Å². The normalized spacial score (nSPS) is 18.2. The van der Waals surface area contributed by atoms with Gasteiger partial charge in [0, 0.05) is 12.5 Å². The third kappa shape index (κ3) is 3.41. The highest BCUT2D eigenvalue weighted by molar-refractivity contribution is 6.29. The largest absolute Gasteiger partial charge is 0.369 e. The lowest BCUT2D eigenvalue weighted by atomic mass is 9.96. The van der Waals surface area contributed by atoms with Crippen molar-refractivity contribution in [1.82, 2.24) is 9.88 Å². The van der Waals surface area contributed by atoms with Crippen LogP contribution in [0.3, 0.4) is 0 Å². The fourth-order valence-corrected chi connectivity index (χ4v) is 2.32. The molecule has 0 spiro atoms. The summed E-state index contributed by atoms with van der Waals surface area (Å²) in [4.78, 5) is 17.6. The Bertz CT molecular complexity index is 402. The highest BCUT2D eigenvalue weighted by Gasteiger charge is 2.23. The Morgan fingerprint density at radius 2 is 2.18 bits per heavy atom. The Morgan fingerprint density at radius 3 is 2.76 bits per heavy atom. The maximum atomic E-state index is 11.0.